The predicted molar refractivity (Wildman–Crippen MR) is 121 cm³/mol. The fourth-order valence-electron chi connectivity index (χ4n) is 2.21. The first kappa shape index (κ1) is 23.4. The van der Waals surface area contributed by atoms with Crippen molar-refractivity contribution in [3.63, 3.8) is 0 Å². The number of thiazole rings is 1. The van der Waals surface area contributed by atoms with Gasteiger partial charge >= 0.3 is 5.97 Å². The lowest BCUT2D eigenvalue weighted by Crippen LogP contribution is -2.36. The highest BCUT2D eigenvalue weighted by molar-refractivity contribution is 14.0. The summed E-state index contributed by atoms with van der Waals surface area (Å²) in [6.45, 7) is 8.26. The van der Waals surface area contributed by atoms with E-state index < -0.39 is 0 Å². The number of nitrogens with zero attached hydrogens (tertiary/aromatic N) is 2. The second kappa shape index (κ2) is 11.9. The summed E-state index contributed by atoms with van der Waals surface area (Å²) in [4.78, 5) is 20.7. The van der Waals surface area contributed by atoms with Crippen molar-refractivity contribution in [3.05, 3.63) is 51.5 Å². The van der Waals surface area contributed by atoms with E-state index in [1.165, 1.54) is 7.11 Å². The molecule has 0 aliphatic rings. The fourth-order valence-corrected chi connectivity index (χ4v) is 3.10. The molecule has 2 rings (SSSR count). The van der Waals surface area contributed by atoms with Gasteiger partial charge in [0.25, 0.3) is 0 Å². The molecule has 0 fully saturated rings. The summed E-state index contributed by atoms with van der Waals surface area (Å²) in [6.07, 6.45) is 0. The number of aliphatic imine (C=N–C) groups is 1. The van der Waals surface area contributed by atoms with E-state index in [0.717, 1.165) is 28.8 Å². The topological polar surface area (TPSA) is 75.6 Å². The van der Waals surface area contributed by atoms with Gasteiger partial charge in [-0.05, 0) is 30.5 Å². The molecule has 0 bridgehead atoms. The average molecular weight is 502 g/mol. The molecule has 1 aromatic carbocycles. The number of esters is 1. The van der Waals surface area contributed by atoms with Crippen LogP contribution in [0.4, 0.5) is 0 Å². The molecule has 2 N–H and O–H groups in total. The first-order chi connectivity index (χ1) is 12.5. The highest BCUT2D eigenvalue weighted by Gasteiger charge is 2.07. The van der Waals surface area contributed by atoms with Gasteiger partial charge in [0.2, 0.25) is 0 Å². The third-order valence-corrected chi connectivity index (χ3v) is 4.57. The third kappa shape index (κ3) is 7.45. The Labute approximate surface area is 181 Å². The molecule has 0 atom stereocenters. The number of benzene rings is 1. The molecule has 8 heteroatoms. The first-order valence-electron chi connectivity index (χ1n) is 8.67. The van der Waals surface area contributed by atoms with Crippen LogP contribution in [0.3, 0.4) is 0 Å². The fraction of sp³-hybridized carbons (Fsp3) is 0.421. The number of hydrogen-bond donors (Lipinski definition) is 2. The van der Waals surface area contributed by atoms with E-state index in [9.17, 15) is 4.79 Å². The summed E-state index contributed by atoms with van der Waals surface area (Å²) in [5, 5.41) is 9.69. The Kier molecular flexibility index (Phi) is 10.3. The molecule has 0 aliphatic heterocycles. The standard InChI is InChI=1S/C19H26N4O2S.HI/c1-5-20-19(22-11-17-23-16(12-26-17)13(2)3)21-10-14-6-8-15(9-7-14)18(24)25-4;/h6-9,12-13H,5,10-11H2,1-4H3,(H2,20,21,22);1H. The predicted octanol–water partition coefficient (Wildman–Crippen LogP) is 3.93. The number of carbonyl (C=O) groups excluding carboxylic acids is 1. The van der Waals surface area contributed by atoms with Crippen LogP contribution in [0.25, 0.3) is 0 Å². The second-order valence-electron chi connectivity index (χ2n) is 6.06. The maximum Gasteiger partial charge on any atom is 0.337 e. The number of ether oxygens (including phenoxy) is 1. The van der Waals surface area contributed by atoms with E-state index in [4.69, 9.17) is 4.74 Å². The van der Waals surface area contributed by atoms with Crippen molar-refractivity contribution < 1.29 is 9.53 Å². The van der Waals surface area contributed by atoms with Gasteiger partial charge in [-0.2, -0.15) is 0 Å². The highest BCUT2D eigenvalue weighted by Crippen LogP contribution is 2.17. The summed E-state index contributed by atoms with van der Waals surface area (Å²) in [5.74, 6) is 0.847. The third-order valence-electron chi connectivity index (χ3n) is 3.71. The smallest absolute Gasteiger partial charge is 0.337 e. The van der Waals surface area contributed by atoms with E-state index in [1.54, 1.807) is 23.5 Å². The van der Waals surface area contributed by atoms with Crippen LogP contribution in [0.5, 0.6) is 0 Å². The van der Waals surface area contributed by atoms with Gasteiger partial charge in [0.15, 0.2) is 5.96 Å². The summed E-state index contributed by atoms with van der Waals surface area (Å²) in [5.41, 5.74) is 2.68. The van der Waals surface area contributed by atoms with Crippen molar-refractivity contribution in [3.8, 4) is 0 Å². The van der Waals surface area contributed by atoms with Crippen LogP contribution >= 0.6 is 35.3 Å². The summed E-state index contributed by atoms with van der Waals surface area (Å²) in [7, 11) is 1.38. The summed E-state index contributed by atoms with van der Waals surface area (Å²) >= 11 is 1.66. The zero-order chi connectivity index (χ0) is 18.9. The van der Waals surface area contributed by atoms with Gasteiger partial charge in [0.1, 0.15) is 5.01 Å². The van der Waals surface area contributed by atoms with Crippen LogP contribution in [0, 0.1) is 0 Å². The Morgan fingerprint density at radius 3 is 2.52 bits per heavy atom. The van der Waals surface area contributed by atoms with Crippen molar-refractivity contribution in [2.45, 2.75) is 39.8 Å². The maximum atomic E-state index is 11.5. The molecule has 1 aromatic heterocycles. The van der Waals surface area contributed by atoms with Gasteiger partial charge in [-0.25, -0.2) is 14.8 Å². The summed E-state index contributed by atoms with van der Waals surface area (Å²) in [6, 6.07) is 7.27. The lowest BCUT2D eigenvalue weighted by atomic mass is 10.1. The van der Waals surface area contributed by atoms with Gasteiger partial charge < -0.3 is 15.4 Å². The monoisotopic (exact) mass is 502 g/mol. The van der Waals surface area contributed by atoms with Crippen molar-refractivity contribution in [1.29, 1.82) is 0 Å². The van der Waals surface area contributed by atoms with Crippen molar-refractivity contribution in [1.82, 2.24) is 15.6 Å². The number of nitrogens with one attached hydrogen (secondary N) is 2. The van der Waals surface area contributed by atoms with Gasteiger partial charge in [-0.15, -0.1) is 35.3 Å². The second-order valence-corrected chi connectivity index (χ2v) is 7.00. The van der Waals surface area contributed by atoms with Crippen LogP contribution < -0.4 is 10.6 Å². The Hall–Kier alpha value is -1.68. The first-order valence-corrected chi connectivity index (χ1v) is 9.55. The molecule has 0 unspecified atom stereocenters. The summed E-state index contributed by atoms with van der Waals surface area (Å²) < 4.78 is 4.71. The van der Waals surface area contributed by atoms with Crippen LogP contribution in [0.1, 0.15) is 53.3 Å². The number of aromatic nitrogens is 1. The van der Waals surface area contributed by atoms with Crippen molar-refractivity contribution >= 4 is 47.2 Å². The SMILES string of the molecule is CCNC(=NCc1ccc(C(=O)OC)cc1)NCc1nc(C(C)C)cs1.I. The largest absolute Gasteiger partial charge is 0.465 e. The van der Waals surface area contributed by atoms with E-state index in [2.05, 4.69) is 39.8 Å². The minimum absolute atomic E-state index is 0. The number of halogens is 1. The number of rotatable bonds is 7. The average Bonchev–Trinajstić information content (AvgIpc) is 3.13. The van der Waals surface area contributed by atoms with Gasteiger partial charge in [0, 0.05) is 11.9 Å². The van der Waals surface area contributed by atoms with Crippen LogP contribution in [-0.2, 0) is 17.8 Å². The molecule has 148 valence electrons. The number of hydrogen-bond acceptors (Lipinski definition) is 5. The lowest BCUT2D eigenvalue weighted by molar-refractivity contribution is 0.0600. The van der Waals surface area contributed by atoms with E-state index in [-0.39, 0.29) is 29.9 Å². The Morgan fingerprint density at radius 1 is 1.26 bits per heavy atom. The number of carbonyl (C=O) groups is 1. The van der Waals surface area contributed by atoms with Crippen LogP contribution in [0.15, 0.2) is 34.6 Å². The molecule has 0 radical (unpaired) electrons. The molecule has 27 heavy (non-hydrogen) atoms. The molecular formula is C19H27IN4O2S. The van der Waals surface area contributed by atoms with E-state index in [1.807, 2.05) is 19.1 Å². The Morgan fingerprint density at radius 2 is 1.96 bits per heavy atom. The van der Waals surface area contributed by atoms with Crippen LogP contribution in [0.2, 0.25) is 0 Å². The number of guanidine groups is 1. The van der Waals surface area contributed by atoms with E-state index >= 15 is 0 Å². The molecule has 2 aromatic rings. The number of methoxy groups -OCH3 is 1. The van der Waals surface area contributed by atoms with Crippen LogP contribution in [-0.4, -0.2) is 30.6 Å². The Balaban J connectivity index is 0.00000364. The van der Waals surface area contributed by atoms with Gasteiger partial charge in [-0.1, -0.05) is 26.0 Å². The lowest BCUT2D eigenvalue weighted by Gasteiger charge is -2.10. The normalized spacial score (nSPS) is 11.1. The van der Waals surface area contributed by atoms with E-state index in [0.29, 0.717) is 24.6 Å². The zero-order valence-corrected chi connectivity index (χ0v) is 19.3. The minimum Gasteiger partial charge on any atom is -0.465 e. The quantitative estimate of drug-likeness (QED) is 0.260. The Bertz CT molecular complexity index is 744. The molecule has 6 nitrogen and oxygen atoms in total. The van der Waals surface area contributed by atoms with Crippen molar-refractivity contribution in [2.75, 3.05) is 13.7 Å². The molecule has 0 aliphatic carbocycles. The molecular weight excluding hydrogens is 475 g/mol. The molecule has 1 heterocycles. The molecule has 0 saturated heterocycles. The minimum atomic E-state index is -0.334. The molecule has 0 saturated carbocycles. The zero-order valence-electron chi connectivity index (χ0n) is 16.1. The van der Waals surface area contributed by atoms with Gasteiger partial charge in [0.05, 0.1) is 31.5 Å². The molecule has 0 spiro atoms. The van der Waals surface area contributed by atoms with Crippen molar-refractivity contribution in [2.24, 2.45) is 4.99 Å². The maximum absolute atomic E-state index is 11.5. The van der Waals surface area contributed by atoms with Gasteiger partial charge in [-0.3, -0.25) is 0 Å². The molecule has 0 amide bonds. The highest BCUT2D eigenvalue weighted by atomic mass is 127.